The summed E-state index contributed by atoms with van der Waals surface area (Å²) >= 11 is 0. The van der Waals surface area contributed by atoms with E-state index in [2.05, 4.69) is 31.8 Å². The SMILES string of the molecule is C[Si](C)(C)OCc1cc[cH-]c1. The van der Waals surface area contributed by atoms with E-state index in [4.69, 9.17) is 4.43 Å². The second-order valence-electron chi connectivity index (χ2n) is 3.69. The topological polar surface area (TPSA) is 9.23 Å². The van der Waals surface area contributed by atoms with Crippen molar-refractivity contribution in [2.75, 3.05) is 0 Å². The van der Waals surface area contributed by atoms with E-state index in [1.54, 1.807) is 0 Å². The van der Waals surface area contributed by atoms with Gasteiger partial charge in [-0.3, -0.25) is 0 Å². The van der Waals surface area contributed by atoms with Gasteiger partial charge >= 0.3 is 0 Å². The Labute approximate surface area is 69.5 Å². The van der Waals surface area contributed by atoms with Crippen LogP contribution in [0.1, 0.15) is 5.56 Å². The van der Waals surface area contributed by atoms with Gasteiger partial charge in [-0.25, -0.2) is 6.07 Å². The zero-order valence-corrected chi connectivity index (χ0v) is 8.42. The van der Waals surface area contributed by atoms with Crippen LogP contribution in [-0.2, 0) is 11.0 Å². The van der Waals surface area contributed by atoms with E-state index in [9.17, 15) is 0 Å². The Balaban J connectivity index is 2.35. The Hall–Kier alpha value is -0.473. The van der Waals surface area contributed by atoms with Crippen LogP contribution in [0.5, 0.6) is 0 Å². The maximum atomic E-state index is 5.71. The molecule has 0 heterocycles. The van der Waals surface area contributed by atoms with Gasteiger partial charge in [0, 0.05) is 6.61 Å². The van der Waals surface area contributed by atoms with Gasteiger partial charge in [0.05, 0.1) is 0 Å². The number of hydrogen-bond donors (Lipinski definition) is 0. The second kappa shape index (κ2) is 3.28. The molecule has 0 amide bonds. The first-order valence-corrected chi connectivity index (χ1v) is 7.33. The van der Waals surface area contributed by atoms with E-state index >= 15 is 0 Å². The average molecular weight is 167 g/mol. The van der Waals surface area contributed by atoms with Gasteiger partial charge < -0.3 is 4.43 Å². The third kappa shape index (κ3) is 3.44. The number of hydrogen-bond acceptors (Lipinski definition) is 1. The van der Waals surface area contributed by atoms with Crippen molar-refractivity contribution < 1.29 is 4.43 Å². The molecule has 0 unspecified atom stereocenters. The zero-order chi connectivity index (χ0) is 8.32. The van der Waals surface area contributed by atoms with Crippen LogP contribution < -0.4 is 0 Å². The van der Waals surface area contributed by atoms with Gasteiger partial charge in [-0.2, -0.15) is 23.8 Å². The van der Waals surface area contributed by atoms with Crippen molar-refractivity contribution in [3.05, 3.63) is 29.8 Å². The highest BCUT2D eigenvalue weighted by molar-refractivity contribution is 6.69. The van der Waals surface area contributed by atoms with Gasteiger partial charge in [0.15, 0.2) is 8.32 Å². The molecule has 1 aromatic rings. The molecule has 1 aromatic carbocycles. The van der Waals surface area contributed by atoms with Crippen LogP contribution in [0.25, 0.3) is 0 Å². The van der Waals surface area contributed by atoms with Crippen LogP contribution in [0.3, 0.4) is 0 Å². The van der Waals surface area contributed by atoms with Gasteiger partial charge in [-0.05, 0) is 19.6 Å². The summed E-state index contributed by atoms with van der Waals surface area (Å²) in [7, 11) is -1.31. The first-order chi connectivity index (χ1) is 5.08. The van der Waals surface area contributed by atoms with Gasteiger partial charge in [0.25, 0.3) is 0 Å². The summed E-state index contributed by atoms with van der Waals surface area (Å²) in [6.45, 7) is 7.39. The molecule has 2 heteroatoms. The van der Waals surface area contributed by atoms with E-state index in [0.29, 0.717) is 0 Å². The van der Waals surface area contributed by atoms with Crippen molar-refractivity contribution in [3.63, 3.8) is 0 Å². The Morgan fingerprint density at radius 1 is 1.45 bits per heavy atom. The fraction of sp³-hybridized carbons (Fsp3) is 0.444. The standard InChI is InChI=1S/C9H15OSi/c1-11(2,3)10-8-9-6-4-5-7-9/h4-7H,8H2,1-3H3/q-1. The van der Waals surface area contributed by atoms with Crippen LogP contribution in [0.2, 0.25) is 19.6 Å². The molecule has 1 rings (SSSR count). The van der Waals surface area contributed by atoms with Crippen LogP contribution >= 0.6 is 0 Å². The fourth-order valence-electron chi connectivity index (χ4n) is 0.810. The summed E-state index contributed by atoms with van der Waals surface area (Å²) in [4.78, 5) is 0. The van der Waals surface area contributed by atoms with Crippen LogP contribution in [-0.4, -0.2) is 8.32 Å². The molecule has 62 valence electrons. The minimum atomic E-state index is -1.31. The minimum absolute atomic E-state index is 0.780. The number of rotatable bonds is 3. The summed E-state index contributed by atoms with van der Waals surface area (Å²) in [5, 5.41) is 0. The lowest BCUT2D eigenvalue weighted by Gasteiger charge is -2.18. The molecule has 1 nitrogen and oxygen atoms in total. The molecule has 0 spiro atoms. The van der Waals surface area contributed by atoms with Crippen molar-refractivity contribution in [2.24, 2.45) is 0 Å². The Bertz CT molecular complexity index is 196. The molecule has 11 heavy (non-hydrogen) atoms. The highest BCUT2D eigenvalue weighted by atomic mass is 28.4. The Morgan fingerprint density at radius 3 is 2.64 bits per heavy atom. The summed E-state index contributed by atoms with van der Waals surface area (Å²) in [6.07, 6.45) is 0. The molecule has 0 fully saturated rings. The van der Waals surface area contributed by atoms with Crippen LogP contribution in [0.4, 0.5) is 0 Å². The molecular formula is C9H15OSi-. The lowest BCUT2D eigenvalue weighted by molar-refractivity contribution is 0.300. The second-order valence-corrected chi connectivity index (χ2v) is 8.21. The van der Waals surface area contributed by atoms with Gasteiger partial charge in [0.2, 0.25) is 0 Å². The lowest BCUT2D eigenvalue weighted by Crippen LogP contribution is -2.24. The summed E-state index contributed by atoms with van der Waals surface area (Å²) in [5.41, 5.74) is 1.28. The largest absolute Gasteiger partial charge is 0.426 e. The molecule has 0 radical (unpaired) electrons. The molecule has 0 aliphatic heterocycles. The monoisotopic (exact) mass is 167 g/mol. The van der Waals surface area contributed by atoms with Crippen LogP contribution in [0, 0.1) is 0 Å². The first-order valence-electron chi connectivity index (χ1n) is 3.92. The first kappa shape index (κ1) is 8.62. The summed E-state index contributed by atoms with van der Waals surface area (Å²) in [5.74, 6) is 0. The van der Waals surface area contributed by atoms with Gasteiger partial charge in [-0.15, -0.1) is 0 Å². The molecule has 0 aliphatic rings. The summed E-state index contributed by atoms with van der Waals surface area (Å²) in [6, 6.07) is 8.28. The molecule has 0 aliphatic carbocycles. The van der Waals surface area contributed by atoms with E-state index in [0.717, 1.165) is 6.61 Å². The molecule has 0 saturated heterocycles. The quantitative estimate of drug-likeness (QED) is 0.497. The molecule has 0 N–H and O–H groups in total. The van der Waals surface area contributed by atoms with Crippen molar-refractivity contribution in [2.45, 2.75) is 26.2 Å². The normalized spacial score (nSPS) is 11.9. The molecule has 0 aromatic heterocycles. The Morgan fingerprint density at radius 2 is 2.18 bits per heavy atom. The van der Waals surface area contributed by atoms with E-state index in [1.165, 1.54) is 5.56 Å². The smallest absolute Gasteiger partial charge is 0.182 e. The molecule has 0 saturated carbocycles. The highest BCUT2D eigenvalue weighted by Crippen LogP contribution is 2.08. The fourth-order valence-corrected chi connectivity index (χ4v) is 1.41. The van der Waals surface area contributed by atoms with E-state index in [-0.39, 0.29) is 0 Å². The zero-order valence-electron chi connectivity index (χ0n) is 7.42. The van der Waals surface area contributed by atoms with Gasteiger partial charge in [0.1, 0.15) is 0 Å². The predicted octanol–water partition coefficient (Wildman–Crippen LogP) is 2.76. The predicted molar refractivity (Wildman–Crippen MR) is 50.2 cm³/mol. The minimum Gasteiger partial charge on any atom is -0.426 e. The van der Waals surface area contributed by atoms with E-state index in [1.807, 2.05) is 12.1 Å². The Kier molecular flexibility index (Phi) is 2.57. The molecule has 0 atom stereocenters. The maximum Gasteiger partial charge on any atom is 0.182 e. The highest BCUT2D eigenvalue weighted by Gasteiger charge is 2.12. The lowest BCUT2D eigenvalue weighted by atomic mass is 10.4. The van der Waals surface area contributed by atoms with Gasteiger partial charge in [-0.1, -0.05) is 0 Å². The third-order valence-electron chi connectivity index (χ3n) is 1.40. The van der Waals surface area contributed by atoms with Crippen molar-refractivity contribution in [1.29, 1.82) is 0 Å². The summed E-state index contributed by atoms with van der Waals surface area (Å²) < 4.78 is 5.71. The third-order valence-corrected chi connectivity index (χ3v) is 2.41. The van der Waals surface area contributed by atoms with E-state index < -0.39 is 8.32 Å². The average Bonchev–Trinajstić information content (AvgIpc) is 2.32. The molecular weight excluding hydrogens is 152 g/mol. The van der Waals surface area contributed by atoms with Crippen LogP contribution in [0.15, 0.2) is 24.3 Å². The molecule has 0 bridgehead atoms. The maximum absolute atomic E-state index is 5.71. The van der Waals surface area contributed by atoms with Crippen molar-refractivity contribution >= 4 is 8.32 Å². The van der Waals surface area contributed by atoms with Crippen molar-refractivity contribution in [3.8, 4) is 0 Å². The van der Waals surface area contributed by atoms with Crippen molar-refractivity contribution in [1.82, 2.24) is 0 Å².